The molecule has 33 heavy (non-hydrogen) atoms. The average Bonchev–Trinajstić information content (AvgIpc) is 3.21. The number of para-hydroxylation sites is 1. The van der Waals surface area contributed by atoms with E-state index < -0.39 is 4.99 Å². The Balaban J connectivity index is 1.66. The van der Waals surface area contributed by atoms with Gasteiger partial charge in [0.1, 0.15) is 0 Å². The van der Waals surface area contributed by atoms with E-state index in [9.17, 15) is 4.79 Å². The van der Waals surface area contributed by atoms with Gasteiger partial charge in [0.25, 0.3) is 0 Å². The number of thioether (sulfide) groups is 1. The maximum Gasteiger partial charge on any atom is 0.208 e. The van der Waals surface area contributed by atoms with Crippen LogP contribution < -0.4 is 10.0 Å². The van der Waals surface area contributed by atoms with Gasteiger partial charge in [-0.3, -0.25) is 4.79 Å². The lowest BCUT2D eigenvalue weighted by Gasteiger charge is -2.46. The molecule has 3 aromatic carbocycles. The van der Waals surface area contributed by atoms with Crippen LogP contribution in [-0.2, 0) is 4.79 Å². The van der Waals surface area contributed by atoms with Gasteiger partial charge in [0.05, 0.1) is 17.1 Å². The number of halogens is 1. The van der Waals surface area contributed by atoms with Crippen LogP contribution in [0.5, 0.6) is 0 Å². The lowest BCUT2D eigenvalue weighted by Crippen LogP contribution is -2.56. The molecule has 0 saturated carbocycles. The Morgan fingerprint density at radius 1 is 0.909 bits per heavy atom. The number of hydrogen-bond donors (Lipinski definition) is 0. The molecule has 7 heteroatoms. The summed E-state index contributed by atoms with van der Waals surface area (Å²) in [6.45, 7) is 3.62. The van der Waals surface area contributed by atoms with E-state index in [0.717, 1.165) is 35.5 Å². The standard InChI is InChI=1S/C26H23ClN4OS/c1-18-8-14-23(15-9-18)31-26(33-25(29-31)19(2)32)17-16-24(20-10-12-21(27)13-11-20)28-30(26)22-6-4-3-5-7-22/h3-15H,16-17H2,1-2H3/t26-/m1/s1. The van der Waals surface area contributed by atoms with Gasteiger partial charge >= 0.3 is 0 Å². The average molecular weight is 475 g/mol. The van der Waals surface area contributed by atoms with Gasteiger partial charge < -0.3 is 0 Å². The molecule has 3 aromatic rings. The number of Topliss-reactive ketones (excluding diaryl/α,β-unsaturated/α-hetero) is 1. The van der Waals surface area contributed by atoms with Crippen LogP contribution in [0.1, 0.15) is 30.9 Å². The van der Waals surface area contributed by atoms with E-state index in [-0.39, 0.29) is 5.78 Å². The predicted octanol–water partition coefficient (Wildman–Crippen LogP) is 6.46. The van der Waals surface area contributed by atoms with E-state index in [2.05, 4.69) is 19.1 Å². The second-order valence-corrected chi connectivity index (χ2v) is 9.84. The minimum Gasteiger partial charge on any atom is -0.292 e. The van der Waals surface area contributed by atoms with Crippen LogP contribution in [0.4, 0.5) is 11.4 Å². The van der Waals surface area contributed by atoms with Crippen molar-refractivity contribution in [1.82, 2.24) is 0 Å². The van der Waals surface area contributed by atoms with Crippen molar-refractivity contribution in [3.8, 4) is 0 Å². The third-order valence-electron chi connectivity index (χ3n) is 5.78. The van der Waals surface area contributed by atoms with Gasteiger partial charge in [-0.2, -0.15) is 10.2 Å². The molecular weight excluding hydrogens is 452 g/mol. The van der Waals surface area contributed by atoms with Crippen molar-refractivity contribution in [1.29, 1.82) is 0 Å². The number of ketones is 1. The summed E-state index contributed by atoms with van der Waals surface area (Å²) < 4.78 is 0. The van der Waals surface area contributed by atoms with E-state index in [0.29, 0.717) is 10.1 Å². The Kier molecular flexibility index (Phi) is 5.72. The minimum atomic E-state index is -0.687. The molecule has 2 heterocycles. The number of aryl methyl sites for hydroxylation is 1. The highest BCUT2D eigenvalue weighted by Crippen LogP contribution is 2.50. The molecule has 2 aliphatic heterocycles. The third kappa shape index (κ3) is 4.05. The number of hydrazone groups is 2. The van der Waals surface area contributed by atoms with Gasteiger partial charge in [-0.1, -0.05) is 59.6 Å². The zero-order valence-corrected chi connectivity index (χ0v) is 20.0. The molecule has 0 radical (unpaired) electrons. The van der Waals surface area contributed by atoms with Crippen LogP contribution in [0.15, 0.2) is 89.1 Å². The van der Waals surface area contributed by atoms with Gasteiger partial charge in [0.15, 0.2) is 10.8 Å². The highest BCUT2D eigenvalue weighted by Gasteiger charge is 2.52. The molecule has 0 N–H and O–H groups in total. The Morgan fingerprint density at radius 2 is 1.55 bits per heavy atom. The molecule has 5 nitrogen and oxygen atoms in total. The van der Waals surface area contributed by atoms with Crippen molar-refractivity contribution in [2.24, 2.45) is 10.2 Å². The molecule has 1 atom stereocenters. The van der Waals surface area contributed by atoms with Crippen LogP contribution in [-0.4, -0.2) is 21.5 Å². The summed E-state index contributed by atoms with van der Waals surface area (Å²) >= 11 is 7.59. The molecule has 0 unspecified atom stereocenters. The van der Waals surface area contributed by atoms with E-state index >= 15 is 0 Å². The summed E-state index contributed by atoms with van der Waals surface area (Å²) in [4.78, 5) is 11.7. The highest BCUT2D eigenvalue weighted by atomic mass is 35.5. The summed E-state index contributed by atoms with van der Waals surface area (Å²) in [6, 6.07) is 26.0. The second kappa shape index (κ2) is 8.69. The van der Waals surface area contributed by atoms with Crippen molar-refractivity contribution in [2.75, 3.05) is 10.0 Å². The van der Waals surface area contributed by atoms with E-state index in [1.165, 1.54) is 17.3 Å². The Morgan fingerprint density at radius 3 is 2.21 bits per heavy atom. The number of benzene rings is 3. The van der Waals surface area contributed by atoms with Crippen molar-refractivity contribution in [3.05, 3.63) is 95.0 Å². The number of rotatable bonds is 4. The molecule has 0 amide bonds. The third-order valence-corrected chi connectivity index (χ3v) is 7.47. The van der Waals surface area contributed by atoms with Crippen molar-refractivity contribution in [3.63, 3.8) is 0 Å². The fourth-order valence-electron chi connectivity index (χ4n) is 4.07. The second-order valence-electron chi connectivity index (χ2n) is 8.15. The predicted molar refractivity (Wildman–Crippen MR) is 138 cm³/mol. The van der Waals surface area contributed by atoms with Gasteiger partial charge in [-0.05, 0) is 67.1 Å². The summed E-state index contributed by atoms with van der Waals surface area (Å²) in [5.41, 5.74) is 5.04. The number of carbonyl (C=O) groups is 1. The molecule has 5 rings (SSSR count). The van der Waals surface area contributed by atoms with Gasteiger partial charge in [-0.25, -0.2) is 10.0 Å². The SMILES string of the molecule is CC(=O)C1=NN(c2ccc(C)cc2)[C@]2(CCC(c3ccc(Cl)cc3)=NN2c2ccccc2)S1. The van der Waals surface area contributed by atoms with Gasteiger partial charge in [-0.15, -0.1) is 0 Å². The number of nitrogens with zero attached hydrogens (tertiary/aromatic N) is 4. The maximum absolute atomic E-state index is 12.4. The van der Waals surface area contributed by atoms with Crippen LogP contribution >= 0.6 is 23.4 Å². The molecule has 0 bridgehead atoms. The summed E-state index contributed by atoms with van der Waals surface area (Å²) in [5.74, 6) is -0.0468. The first-order chi connectivity index (χ1) is 16.0. The molecule has 0 saturated heterocycles. The topological polar surface area (TPSA) is 48.3 Å². The maximum atomic E-state index is 12.4. The number of hydrogen-bond acceptors (Lipinski definition) is 6. The van der Waals surface area contributed by atoms with Crippen LogP contribution in [0.25, 0.3) is 0 Å². The molecule has 166 valence electrons. The quantitative estimate of drug-likeness (QED) is 0.435. The largest absolute Gasteiger partial charge is 0.292 e. The lowest BCUT2D eigenvalue weighted by atomic mass is 10.0. The fourth-order valence-corrected chi connectivity index (χ4v) is 5.45. The zero-order valence-electron chi connectivity index (χ0n) is 18.4. The van der Waals surface area contributed by atoms with Crippen LogP contribution in [0, 0.1) is 6.92 Å². The zero-order chi connectivity index (χ0) is 23.0. The van der Waals surface area contributed by atoms with Crippen molar-refractivity contribution >= 4 is 51.3 Å². The van der Waals surface area contributed by atoms with Crippen LogP contribution in [0.3, 0.4) is 0 Å². The smallest absolute Gasteiger partial charge is 0.208 e. The van der Waals surface area contributed by atoms with Gasteiger partial charge in [0.2, 0.25) is 4.99 Å². The van der Waals surface area contributed by atoms with Gasteiger partial charge in [0, 0.05) is 18.4 Å². The molecule has 0 aliphatic carbocycles. The first-order valence-corrected chi connectivity index (χ1v) is 12.0. The number of carbonyl (C=O) groups excluding carboxylic acids is 1. The summed E-state index contributed by atoms with van der Waals surface area (Å²) in [7, 11) is 0. The summed E-state index contributed by atoms with van der Waals surface area (Å²) in [6.07, 6.45) is 1.46. The monoisotopic (exact) mass is 474 g/mol. The minimum absolute atomic E-state index is 0.0468. The first kappa shape index (κ1) is 21.7. The Hall–Kier alpha value is -3.09. The molecule has 1 spiro atoms. The number of anilines is 2. The first-order valence-electron chi connectivity index (χ1n) is 10.8. The van der Waals surface area contributed by atoms with Crippen LogP contribution in [0.2, 0.25) is 5.02 Å². The van der Waals surface area contributed by atoms with E-state index in [1.807, 2.05) is 76.7 Å². The highest BCUT2D eigenvalue weighted by molar-refractivity contribution is 8.17. The van der Waals surface area contributed by atoms with E-state index in [4.69, 9.17) is 21.8 Å². The van der Waals surface area contributed by atoms with Crippen molar-refractivity contribution < 1.29 is 4.79 Å². The normalized spacial score (nSPS) is 20.1. The fraction of sp³-hybridized carbons (Fsp3) is 0.192. The lowest BCUT2D eigenvalue weighted by molar-refractivity contribution is -0.110. The van der Waals surface area contributed by atoms with E-state index in [1.54, 1.807) is 6.92 Å². The Bertz CT molecular complexity index is 1240. The molecule has 0 fully saturated rings. The molecule has 2 aliphatic rings. The summed E-state index contributed by atoms with van der Waals surface area (Å²) in [5, 5.41) is 15.1. The Labute approximate surface area is 202 Å². The molecule has 0 aromatic heterocycles. The molecular formula is C26H23ClN4OS. The van der Waals surface area contributed by atoms with Crippen molar-refractivity contribution in [2.45, 2.75) is 31.7 Å².